The van der Waals surface area contributed by atoms with Gasteiger partial charge in [-0.3, -0.25) is 0 Å². The van der Waals surface area contributed by atoms with E-state index in [2.05, 4.69) is 24.1 Å². The van der Waals surface area contributed by atoms with E-state index in [9.17, 15) is 4.79 Å². The third-order valence-electron chi connectivity index (χ3n) is 4.63. The molecule has 0 saturated heterocycles. The van der Waals surface area contributed by atoms with Crippen molar-refractivity contribution in [3.63, 3.8) is 0 Å². The Balaban J connectivity index is 2.20. The third-order valence-corrected chi connectivity index (χ3v) is 6.20. The largest absolute Gasteiger partial charge is 0.465 e. The van der Waals surface area contributed by atoms with E-state index in [1.165, 1.54) is 24.0 Å². The van der Waals surface area contributed by atoms with Crippen LogP contribution in [0.1, 0.15) is 73.2 Å². The maximum absolute atomic E-state index is 12.4. The van der Waals surface area contributed by atoms with Crippen LogP contribution in [0.25, 0.3) is 0 Å². The second kappa shape index (κ2) is 10.1. The standard InChI is InChI=1S/C19H30N2O2S2/c1-4-6-12-21(13-7-5-2)19(24)20-17-16(18(22)23-3)14-10-8-9-11-15(14)25-17/h4-13H2,1-3H3,(H,20,24). The summed E-state index contributed by atoms with van der Waals surface area (Å²) in [6.45, 7) is 6.30. The molecule has 0 radical (unpaired) electrons. The van der Waals surface area contributed by atoms with E-state index in [4.69, 9.17) is 17.0 Å². The Bertz CT molecular complexity index is 590. The molecule has 1 aromatic rings. The van der Waals surface area contributed by atoms with Crippen LogP contribution in [-0.4, -0.2) is 36.2 Å². The zero-order valence-corrected chi connectivity index (χ0v) is 17.3. The summed E-state index contributed by atoms with van der Waals surface area (Å²) >= 11 is 7.35. The summed E-state index contributed by atoms with van der Waals surface area (Å²) in [5, 5.41) is 4.97. The topological polar surface area (TPSA) is 41.6 Å². The summed E-state index contributed by atoms with van der Waals surface area (Å²) in [7, 11) is 1.45. The Hall–Kier alpha value is -1.14. The fourth-order valence-corrected chi connectivity index (χ4v) is 4.79. The lowest BCUT2D eigenvalue weighted by Crippen LogP contribution is -2.36. The Morgan fingerprint density at radius 3 is 2.44 bits per heavy atom. The second-order valence-corrected chi connectivity index (χ2v) is 8.02. The Labute approximate surface area is 160 Å². The predicted octanol–water partition coefficient (Wildman–Crippen LogP) is 5.01. The lowest BCUT2D eigenvalue weighted by Gasteiger charge is -2.25. The molecule has 0 amide bonds. The Morgan fingerprint density at radius 2 is 1.84 bits per heavy atom. The van der Waals surface area contributed by atoms with Crippen molar-refractivity contribution in [2.45, 2.75) is 65.2 Å². The first-order valence-electron chi connectivity index (χ1n) is 9.41. The van der Waals surface area contributed by atoms with Gasteiger partial charge in [-0.1, -0.05) is 26.7 Å². The number of methoxy groups -OCH3 is 1. The number of nitrogens with one attached hydrogen (secondary N) is 1. The van der Waals surface area contributed by atoms with Crippen molar-refractivity contribution in [3.8, 4) is 0 Å². The number of anilines is 1. The normalized spacial score (nSPS) is 13.2. The van der Waals surface area contributed by atoms with Gasteiger partial charge in [-0.2, -0.15) is 0 Å². The molecular weight excluding hydrogens is 352 g/mol. The first kappa shape index (κ1) is 20.2. The van der Waals surface area contributed by atoms with Gasteiger partial charge in [0.25, 0.3) is 0 Å². The van der Waals surface area contributed by atoms with Crippen LogP contribution in [0.2, 0.25) is 0 Å². The molecule has 2 rings (SSSR count). The van der Waals surface area contributed by atoms with Crippen LogP contribution in [0.3, 0.4) is 0 Å². The minimum absolute atomic E-state index is 0.252. The van der Waals surface area contributed by atoms with Crippen molar-refractivity contribution < 1.29 is 9.53 Å². The summed E-state index contributed by atoms with van der Waals surface area (Å²) in [4.78, 5) is 15.9. The van der Waals surface area contributed by atoms with Crippen LogP contribution >= 0.6 is 23.6 Å². The summed E-state index contributed by atoms with van der Waals surface area (Å²) in [5.74, 6) is -0.252. The van der Waals surface area contributed by atoms with Gasteiger partial charge in [0.15, 0.2) is 5.11 Å². The van der Waals surface area contributed by atoms with Gasteiger partial charge in [0, 0.05) is 18.0 Å². The molecule has 0 saturated carbocycles. The van der Waals surface area contributed by atoms with Crippen molar-refractivity contribution in [1.82, 2.24) is 4.90 Å². The molecule has 4 nitrogen and oxygen atoms in total. The molecule has 1 heterocycles. The van der Waals surface area contributed by atoms with E-state index in [1.807, 2.05) is 0 Å². The highest BCUT2D eigenvalue weighted by atomic mass is 32.1. The number of carbonyl (C=O) groups excluding carboxylic acids is 1. The molecule has 140 valence electrons. The van der Waals surface area contributed by atoms with Gasteiger partial charge in [0.1, 0.15) is 5.00 Å². The van der Waals surface area contributed by atoms with E-state index in [1.54, 1.807) is 11.3 Å². The maximum atomic E-state index is 12.4. The van der Waals surface area contributed by atoms with Crippen LogP contribution in [0.15, 0.2) is 0 Å². The van der Waals surface area contributed by atoms with Crippen LogP contribution in [-0.2, 0) is 17.6 Å². The molecule has 25 heavy (non-hydrogen) atoms. The average Bonchev–Trinajstić information content (AvgIpc) is 2.98. The molecular formula is C19H30N2O2S2. The molecule has 0 spiro atoms. The van der Waals surface area contributed by atoms with Gasteiger partial charge in [0.2, 0.25) is 0 Å². The number of ether oxygens (including phenoxy) is 1. The molecule has 1 aliphatic carbocycles. The van der Waals surface area contributed by atoms with Crippen molar-refractivity contribution in [2.75, 3.05) is 25.5 Å². The van der Waals surface area contributed by atoms with Gasteiger partial charge in [-0.05, 0) is 56.3 Å². The lowest BCUT2D eigenvalue weighted by molar-refractivity contribution is 0.0601. The first-order valence-corrected chi connectivity index (χ1v) is 10.6. The number of nitrogens with zero attached hydrogens (tertiary/aromatic N) is 1. The molecule has 0 bridgehead atoms. The average molecular weight is 383 g/mol. The molecule has 0 fully saturated rings. The van der Waals surface area contributed by atoms with Crippen LogP contribution in [0.5, 0.6) is 0 Å². The number of thiophene rings is 1. The van der Waals surface area contributed by atoms with Gasteiger partial charge in [-0.25, -0.2) is 4.79 Å². The molecule has 1 aliphatic rings. The zero-order chi connectivity index (χ0) is 18.2. The Kier molecular flexibility index (Phi) is 8.16. The highest BCUT2D eigenvalue weighted by molar-refractivity contribution is 7.80. The number of thiocarbonyl (C=S) groups is 1. The smallest absolute Gasteiger partial charge is 0.341 e. The minimum atomic E-state index is -0.252. The van der Waals surface area contributed by atoms with Crippen LogP contribution in [0, 0.1) is 0 Å². The van der Waals surface area contributed by atoms with Crippen molar-refractivity contribution >= 4 is 39.6 Å². The van der Waals surface area contributed by atoms with Gasteiger partial charge < -0.3 is 15.0 Å². The van der Waals surface area contributed by atoms with Crippen LogP contribution < -0.4 is 5.32 Å². The number of fused-ring (bicyclic) bond motifs is 1. The monoisotopic (exact) mass is 382 g/mol. The van der Waals surface area contributed by atoms with Gasteiger partial charge in [0.05, 0.1) is 12.7 Å². The summed E-state index contributed by atoms with van der Waals surface area (Å²) in [6.07, 6.45) is 8.87. The van der Waals surface area contributed by atoms with Crippen molar-refractivity contribution in [1.29, 1.82) is 0 Å². The molecule has 1 aromatic heterocycles. The molecule has 0 aliphatic heterocycles. The minimum Gasteiger partial charge on any atom is -0.465 e. The summed E-state index contributed by atoms with van der Waals surface area (Å²) in [5.41, 5.74) is 1.87. The fraction of sp³-hybridized carbons (Fsp3) is 0.684. The molecule has 0 unspecified atom stereocenters. The number of unbranched alkanes of at least 4 members (excludes halogenated alkanes) is 2. The maximum Gasteiger partial charge on any atom is 0.341 e. The molecule has 0 aromatic carbocycles. The lowest BCUT2D eigenvalue weighted by atomic mass is 9.95. The number of hydrogen-bond donors (Lipinski definition) is 1. The fourth-order valence-electron chi connectivity index (χ4n) is 3.16. The number of carbonyl (C=O) groups is 1. The summed E-state index contributed by atoms with van der Waals surface area (Å²) < 4.78 is 5.04. The first-order chi connectivity index (χ1) is 12.1. The van der Waals surface area contributed by atoms with Crippen molar-refractivity contribution in [3.05, 3.63) is 16.0 Å². The number of aryl methyl sites for hydroxylation is 1. The predicted molar refractivity (Wildman–Crippen MR) is 110 cm³/mol. The zero-order valence-electron chi connectivity index (χ0n) is 15.7. The van der Waals surface area contributed by atoms with E-state index in [0.717, 1.165) is 68.1 Å². The SMILES string of the molecule is CCCCN(CCCC)C(=S)Nc1sc2c(c1C(=O)OC)CCCC2. The molecule has 0 atom stereocenters. The number of hydrogen-bond acceptors (Lipinski definition) is 4. The highest BCUT2D eigenvalue weighted by Crippen LogP contribution is 2.38. The van der Waals surface area contributed by atoms with E-state index in [-0.39, 0.29) is 5.97 Å². The third kappa shape index (κ3) is 5.17. The van der Waals surface area contributed by atoms with Crippen molar-refractivity contribution in [2.24, 2.45) is 0 Å². The number of rotatable bonds is 8. The summed E-state index contributed by atoms with van der Waals surface area (Å²) in [6, 6.07) is 0. The van der Waals surface area contributed by atoms with Crippen LogP contribution in [0.4, 0.5) is 5.00 Å². The number of esters is 1. The van der Waals surface area contributed by atoms with Gasteiger partial charge in [-0.15, -0.1) is 11.3 Å². The van der Waals surface area contributed by atoms with E-state index < -0.39 is 0 Å². The van der Waals surface area contributed by atoms with Gasteiger partial charge >= 0.3 is 5.97 Å². The quantitative estimate of drug-likeness (QED) is 0.505. The molecule has 1 N–H and O–H groups in total. The highest BCUT2D eigenvalue weighted by Gasteiger charge is 2.27. The van der Waals surface area contributed by atoms with E-state index in [0.29, 0.717) is 5.56 Å². The second-order valence-electron chi connectivity index (χ2n) is 6.53. The molecule has 6 heteroatoms. The van der Waals surface area contributed by atoms with E-state index >= 15 is 0 Å². The Morgan fingerprint density at radius 1 is 1.20 bits per heavy atom.